The number of ketones is 1. The standard InChI is InChI=1S/C28H12Cl4I4O4/c29-20-18(19(21(30)23(32)22(20)31)28(39)40-9-10-4-2-1-3-5-10)17-11-7-15(33)26(37)24(35)13(11)6-14-12(17)8-16(34)27(38)25(14)36/h1-5,7-8,37H,6,9H2. The third-order valence-corrected chi connectivity index (χ3v) is 12.1. The highest BCUT2D eigenvalue weighted by atomic mass is 127. The number of fused-ring (bicyclic) bond motifs is 2. The summed E-state index contributed by atoms with van der Waals surface area (Å²) < 4.78 is 7.95. The summed E-state index contributed by atoms with van der Waals surface area (Å²) in [5.41, 5.74) is 4.47. The summed E-state index contributed by atoms with van der Waals surface area (Å²) in [5.74, 6) is -0.710. The van der Waals surface area contributed by atoms with Crippen LogP contribution in [0.25, 0.3) is 5.57 Å². The predicted molar refractivity (Wildman–Crippen MR) is 193 cm³/mol. The molecule has 4 nitrogen and oxygen atoms in total. The summed E-state index contributed by atoms with van der Waals surface area (Å²) >= 11 is 34.8. The van der Waals surface area contributed by atoms with E-state index >= 15 is 0 Å². The summed E-state index contributed by atoms with van der Waals surface area (Å²) in [4.78, 5) is 26.7. The molecular weight excluding hydrogens is 1050 g/mol. The summed E-state index contributed by atoms with van der Waals surface area (Å²) in [6.07, 6.45) is 2.17. The van der Waals surface area contributed by atoms with Gasteiger partial charge in [0, 0.05) is 12.0 Å². The highest BCUT2D eigenvalue weighted by Gasteiger charge is 2.37. The Hall–Kier alpha value is -0.100. The normalized spacial score (nSPS) is 14.7. The van der Waals surface area contributed by atoms with E-state index in [0.717, 1.165) is 22.3 Å². The first-order valence-corrected chi connectivity index (χ1v) is 17.1. The number of ether oxygens (including phenoxy) is 1. The van der Waals surface area contributed by atoms with Crippen molar-refractivity contribution in [2.24, 2.45) is 0 Å². The molecule has 0 radical (unpaired) electrons. The number of hydrogen-bond acceptors (Lipinski definition) is 4. The average molecular weight is 1060 g/mol. The monoisotopic (exact) mass is 1060 g/mol. The van der Waals surface area contributed by atoms with Crippen molar-refractivity contribution in [1.29, 1.82) is 0 Å². The fourth-order valence-corrected chi connectivity index (χ4v) is 9.29. The van der Waals surface area contributed by atoms with E-state index in [0.29, 0.717) is 31.9 Å². The maximum Gasteiger partial charge on any atom is 0.340 e. The minimum Gasteiger partial charge on any atom is -0.506 e. The van der Waals surface area contributed by atoms with Gasteiger partial charge in [-0.1, -0.05) is 76.7 Å². The molecule has 40 heavy (non-hydrogen) atoms. The Bertz CT molecular complexity index is 1750. The van der Waals surface area contributed by atoms with Crippen LogP contribution in [0.15, 0.2) is 60.8 Å². The highest BCUT2D eigenvalue weighted by Crippen LogP contribution is 2.53. The van der Waals surface area contributed by atoms with E-state index < -0.39 is 5.97 Å². The first-order valence-electron chi connectivity index (χ1n) is 11.3. The number of hydrogen-bond donors (Lipinski definition) is 1. The molecule has 0 amide bonds. The number of carbonyl (C=O) groups excluding carboxylic acids is 2. The quantitative estimate of drug-likeness (QED) is 0.122. The van der Waals surface area contributed by atoms with Crippen LogP contribution in [0.2, 0.25) is 20.1 Å². The van der Waals surface area contributed by atoms with Crippen LogP contribution in [0.3, 0.4) is 0 Å². The van der Waals surface area contributed by atoms with Gasteiger partial charge in [-0.3, -0.25) is 4.79 Å². The average Bonchev–Trinajstić information content (AvgIpc) is 2.94. The van der Waals surface area contributed by atoms with Gasteiger partial charge in [0.1, 0.15) is 12.4 Å². The Kier molecular flexibility index (Phi) is 9.78. The summed E-state index contributed by atoms with van der Waals surface area (Å²) in [6, 6.07) is 11.0. The number of phenolic OH excluding ortho intramolecular Hbond substituents is 1. The first-order chi connectivity index (χ1) is 18.9. The van der Waals surface area contributed by atoms with E-state index in [-0.39, 0.29) is 49.4 Å². The van der Waals surface area contributed by atoms with E-state index in [9.17, 15) is 14.7 Å². The number of carbonyl (C=O) groups is 2. The third-order valence-electron chi connectivity index (χ3n) is 6.40. The van der Waals surface area contributed by atoms with E-state index in [1.54, 1.807) is 6.08 Å². The number of allylic oxidation sites excluding steroid dienone is 5. The topological polar surface area (TPSA) is 63.6 Å². The zero-order valence-electron chi connectivity index (χ0n) is 19.7. The molecule has 0 aromatic heterocycles. The van der Waals surface area contributed by atoms with Crippen LogP contribution in [0.1, 0.15) is 32.6 Å². The van der Waals surface area contributed by atoms with Crippen molar-refractivity contribution >= 4 is 154 Å². The van der Waals surface area contributed by atoms with E-state index in [1.807, 2.05) is 81.6 Å². The lowest BCUT2D eigenvalue weighted by molar-refractivity contribution is -0.110. The number of halogens is 8. The van der Waals surface area contributed by atoms with Crippen LogP contribution < -0.4 is 0 Å². The number of benzene rings is 3. The van der Waals surface area contributed by atoms with Gasteiger partial charge in [0.25, 0.3) is 0 Å². The Labute approximate surface area is 304 Å². The second-order valence-corrected chi connectivity index (χ2v) is 14.7. The van der Waals surface area contributed by atoms with Gasteiger partial charge in [-0.25, -0.2) is 4.79 Å². The molecule has 2 aliphatic rings. The summed E-state index contributed by atoms with van der Waals surface area (Å²) in [6.45, 7) is -0.00514. The molecule has 0 bridgehead atoms. The third kappa shape index (κ3) is 5.50. The Morgan fingerprint density at radius 3 is 2.27 bits per heavy atom. The Morgan fingerprint density at radius 2 is 1.60 bits per heavy atom. The number of Topliss-reactive ketones (excluding diaryl/α,β-unsaturated/α-hetero) is 1. The second-order valence-electron chi connectivity index (χ2n) is 8.69. The number of aromatic hydroxyl groups is 1. The van der Waals surface area contributed by atoms with Gasteiger partial charge in [0.15, 0.2) is 0 Å². The van der Waals surface area contributed by atoms with Crippen LogP contribution in [0.5, 0.6) is 5.75 Å². The lowest BCUT2D eigenvalue weighted by Gasteiger charge is -2.31. The van der Waals surface area contributed by atoms with Gasteiger partial charge in [-0.2, -0.15) is 0 Å². The van der Waals surface area contributed by atoms with Crippen molar-refractivity contribution in [2.45, 2.75) is 13.0 Å². The van der Waals surface area contributed by atoms with Gasteiger partial charge in [-0.05, 0) is 136 Å². The van der Waals surface area contributed by atoms with Gasteiger partial charge < -0.3 is 9.84 Å². The van der Waals surface area contributed by atoms with Crippen molar-refractivity contribution in [2.75, 3.05) is 0 Å². The smallest absolute Gasteiger partial charge is 0.340 e. The van der Waals surface area contributed by atoms with Crippen LogP contribution in [-0.2, 0) is 22.6 Å². The minimum absolute atomic E-state index is 0.00514. The van der Waals surface area contributed by atoms with Crippen LogP contribution in [0, 0.1) is 7.14 Å². The van der Waals surface area contributed by atoms with Crippen molar-refractivity contribution in [3.63, 3.8) is 0 Å². The maximum atomic E-state index is 13.7. The molecule has 0 saturated heterocycles. The molecule has 5 rings (SSSR count). The van der Waals surface area contributed by atoms with Crippen LogP contribution in [0.4, 0.5) is 0 Å². The molecule has 0 unspecified atom stereocenters. The predicted octanol–water partition coefficient (Wildman–Crippen LogP) is 10.5. The lowest BCUT2D eigenvalue weighted by Crippen LogP contribution is -2.19. The Morgan fingerprint density at radius 1 is 0.950 bits per heavy atom. The van der Waals surface area contributed by atoms with Crippen molar-refractivity contribution in [3.8, 4) is 5.75 Å². The molecule has 0 aliphatic heterocycles. The maximum absolute atomic E-state index is 13.7. The molecule has 0 spiro atoms. The molecule has 3 aromatic carbocycles. The zero-order valence-corrected chi connectivity index (χ0v) is 31.3. The fraction of sp³-hybridized carbons (Fsp3) is 0.0714. The molecule has 3 aromatic rings. The molecule has 0 atom stereocenters. The molecule has 1 N–H and O–H groups in total. The molecule has 12 heteroatoms. The minimum atomic E-state index is -0.737. The molecule has 0 saturated carbocycles. The molecule has 0 heterocycles. The zero-order chi connectivity index (χ0) is 29.0. The van der Waals surface area contributed by atoms with Crippen LogP contribution in [-0.4, -0.2) is 16.9 Å². The van der Waals surface area contributed by atoms with E-state index in [4.69, 9.17) is 51.1 Å². The van der Waals surface area contributed by atoms with Crippen molar-refractivity contribution in [1.82, 2.24) is 0 Å². The summed E-state index contributed by atoms with van der Waals surface area (Å²) in [5, 5.41) is 10.6. The van der Waals surface area contributed by atoms with Gasteiger partial charge in [0.05, 0.1) is 40.0 Å². The van der Waals surface area contributed by atoms with Crippen molar-refractivity contribution < 1.29 is 19.4 Å². The van der Waals surface area contributed by atoms with Gasteiger partial charge in [-0.15, -0.1) is 0 Å². The van der Waals surface area contributed by atoms with Crippen molar-refractivity contribution in [3.05, 3.63) is 116 Å². The van der Waals surface area contributed by atoms with Gasteiger partial charge in [0.2, 0.25) is 5.78 Å². The van der Waals surface area contributed by atoms with Crippen LogP contribution >= 0.6 is 137 Å². The SMILES string of the molecule is O=C1C(I)=CC2=C(c3c(Cl)c(Cl)c(Cl)c(Cl)c3C(=O)OCc3ccccc3)c3cc(I)c(O)c(I)c3CC2=C1I. The fourth-order valence-electron chi connectivity index (χ4n) is 4.52. The molecule has 0 fully saturated rings. The molecule has 204 valence electrons. The largest absolute Gasteiger partial charge is 0.506 e. The number of rotatable bonds is 4. The van der Waals surface area contributed by atoms with Gasteiger partial charge >= 0.3 is 5.97 Å². The van der Waals surface area contributed by atoms with E-state index in [1.165, 1.54) is 0 Å². The molecule has 2 aliphatic carbocycles. The number of esters is 1. The number of phenols is 1. The first kappa shape index (κ1) is 31.3. The van der Waals surface area contributed by atoms with E-state index in [2.05, 4.69) is 45.2 Å². The highest BCUT2D eigenvalue weighted by molar-refractivity contribution is 14.1. The lowest BCUT2D eigenvalue weighted by atomic mass is 9.76. The summed E-state index contributed by atoms with van der Waals surface area (Å²) in [7, 11) is 0. The molecular formula is C28H12Cl4I4O4. The second kappa shape index (κ2) is 12.5. The Balaban J connectivity index is 1.86.